The van der Waals surface area contributed by atoms with Crippen LogP contribution in [0.3, 0.4) is 0 Å². The molecule has 0 saturated carbocycles. The number of nitrogens with zero attached hydrogens (tertiary/aromatic N) is 1. The minimum atomic E-state index is -1.12. The second-order valence-corrected chi connectivity index (χ2v) is 7.59. The summed E-state index contributed by atoms with van der Waals surface area (Å²) >= 11 is 0. The molecule has 12 heteroatoms. The highest BCUT2D eigenvalue weighted by Gasteiger charge is 2.19. The Bertz CT molecular complexity index is 525. The summed E-state index contributed by atoms with van der Waals surface area (Å²) in [5, 5.41) is 10.9. The maximum absolute atomic E-state index is 11.8. The van der Waals surface area contributed by atoms with Crippen LogP contribution in [-0.2, 0) is 38.0 Å². The molecular formula is C20H38N2O10. The number of rotatable bonds is 19. The molecular weight excluding hydrogens is 428 g/mol. The first-order valence-corrected chi connectivity index (χ1v) is 10.4. The van der Waals surface area contributed by atoms with Crippen molar-refractivity contribution in [3.8, 4) is 0 Å². The van der Waals surface area contributed by atoms with Gasteiger partial charge in [-0.05, 0) is 20.8 Å². The minimum Gasteiger partial charge on any atom is -0.480 e. The fourth-order valence-electron chi connectivity index (χ4n) is 1.94. The Balaban J connectivity index is 3.32. The molecule has 0 radical (unpaired) electrons. The van der Waals surface area contributed by atoms with Crippen LogP contribution in [0.5, 0.6) is 0 Å². The third kappa shape index (κ3) is 21.2. The van der Waals surface area contributed by atoms with Crippen molar-refractivity contribution in [2.75, 3.05) is 86.2 Å². The molecule has 0 fully saturated rings. The lowest BCUT2D eigenvalue weighted by atomic mass is 10.2. The normalized spacial score (nSPS) is 11.2. The van der Waals surface area contributed by atoms with Gasteiger partial charge in [-0.3, -0.25) is 4.79 Å². The van der Waals surface area contributed by atoms with Crippen LogP contribution in [0.4, 0.5) is 4.79 Å². The summed E-state index contributed by atoms with van der Waals surface area (Å²) in [5.41, 5.74) is -0.521. The van der Waals surface area contributed by atoms with Gasteiger partial charge in [0.1, 0.15) is 18.8 Å². The average molecular weight is 467 g/mol. The van der Waals surface area contributed by atoms with E-state index < -0.39 is 24.1 Å². The van der Waals surface area contributed by atoms with Crippen LogP contribution in [0.2, 0.25) is 0 Å². The minimum absolute atomic E-state index is 0.298. The highest BCUT2D eigenvalue weighted by atomic mass is 16.6. The molecule has 2 N–H and O–H groups in total. The van der Waals surface area contributed by atoms with Crippen molar-refractivity contribution >= 4 is 18.0 Å². The van der Waals surface area contributed by atoms with Gasteiger partial charge in [0, 0.05) is 20.1 Å². The molecule has 188 valence electrons. The van der Waals surface area contributed by atoms with E-state index in [0.29, 0.717) is 65.9 Å². The highest BCUT2D eigenvalue weighted by Crippen LogP contribution is 2.08. The molecule has 0 aliphatic heterocycles. The number of aliphatic carboxylic acids is 1. The molecule has 12 nitrogen and oxygen atoms in total. The summed E-state index contributed by atoms with van der Waals surface area (Å²) < 4.78 is 31.3. The second-order valence-electron chi connectivity index (χ2n) is 7.59. The average Bonchev–Trinajstić information content (AvgIpc) is 2.69. The van der Waals surface area contributed by atoms with Gasteiger partial charge in [0.2, 0.25) is 5.91 Å². The molecule has 0 aliphatic carbocycles. The van der Waals surface area contributed by atoms with Crippen molar-refractivity contribution in [3.63, 3.8) is 0 Å². The SMILES string of the molecule is CN(CCOCCOCCOCCOCCNC(=O)COCC(=O)O)C(=O)OC(C)(C)C. The van der Waals surface area contributed by atoms with E-state index in [-0.39, 0.29) is 12.7 Å². The molecule has 2 amide bonds. The van der Waals surface area contributed by atoms with E-state index in [1.54, 1.807) is 7.05 Å². The standard InChI is InChI=1S/C20H38N2O10/c1-20(2,3)32-19(26)22(4)6-8-28-10-12-30-14-13-29-11-9-27-7-5-21-17(23)15-31-16-18(24)25/h5-16H2,1-4H3,(H,21,23)(H,24,25). The van der Waals surface area contributed by atoms with E-state index in [1.807, 2.05) is 20.8 Å². The lowest BCUT2D eigenvalue weighted by Gasteiger charge is -2.24. The van der Waals surface area contributed by atoms with Crippen molar-refractivity contribution in [3.05, 3.63) is 0 Å². The first-order valence-electron chi connectivity index (χ1n) is 10.4. The van der Waals surface area contributed by atoms with Gasteiger partial charge in [0.05, 0.1) is 52.9 Å². The Morgan fingerprint density at radius 2 is 1.28 bits per heavy atom. The largest absolute Gasteiger partial charge is 0.480 e. The van der Waals surface area contributed by atoms with Crippen LogP contribution in [0.1, 0.15) is 20.8 Å². The van der Waals surface area contributed by atoms with Crippen LogP contribution in [-0.4, -0.2) is 120 Å². The second kappa shape index (κ2) is 18.6. The van der Waals surface area contributed by atoms with Crippen LogP contribution >= 0.6 is 0 Å². The Morgan fingerprint density at radius 1 is 0.781 bits per heavy atom. The maximum Gasteiger partial charge on any atom is 0.410 e. The van der Waals surface area contributed by atoms with E-state index >= 15 is 0 Å². The van der Waals surface area contributed by atoms with Gasteiger partial charge in [0.15, 0.2) is 0 Å². The van der Waals surface area contributed by atoms with Gasteiger partial charge >= 0.3 is 12.1 Å². The fourth-order valence-corrected chi connectivity index (χ4v) is 1.94. The molecule has 0 aromatic heterocycles. The molecule has 0 rings (SSSR count). The number of amides is 2. The van der Waals surface area contributed by atoms with Crippen LogP contribution in [0, 0.1) is 0 Å². The highest BCUT2D eigenvalue weighted by molar-refractivity contribution is 5.77. The van der Waals surface area contributed by atoms with E-state index in [1.165, 1.54) is 4.90 Å². The van der Waals surface area contributed by atoms with E-state index in [4.69, 9.17) is 28.8 Å². The zero-order chi connectivity index (χ0) is 24.2. The summed E-state index contributed by atoms with van der Waals surface area (Å²) in [6, 6.07) is 0. The number of hydrogen-bond acceptors (Lipinski definition) is 9. The zero-order valence-electron chi connectivity index (χ0n) is 19.6. The molecule has 0 saturated heterocycles. The molecule has 0 aromatic carbocycles. The summed E-state index contributed by atoms with van der Waals surface area (Å²) in [6.45, 7) is 8.52. The van der Waals surface area contributed by atoms with Crippen molar-refractivity contribution in [2.45, 2.75) is 26.4 Å². The fraction of sp³-hybridized carbons (Fsp3) is 0.850. The van der Waals surface area contributed by atoms with Crippen molar-refractivity contribution < 1.29 is 47.9 Å². The Morgan fingerprint density at radius 3 is 1.78 bits per heavy atom. The van der Waals surface area contributed by atoms with Gasteiger partial charge in [-0.2, -0.15) is 0 Å². The van der Waals surface area contributed by atoms with Crippen LogP contribution in [0.15, 0.2) is 0 Å². The van der Waals surface area contributed by atoms with Crippen molar-refractivity contribution in [2.24, 2.45) is 0 Å². The van der Waals surface area contributed by atoms with Crippen LogP contribution < -0.4 is 5.32 Å². The lowest BCUT2D eigenvalue weighted by Crippen LogP contribution is -2.36. The quantitative estimate of drug-likeness (QED) is 0.252. The smallest absolute Gasteiger partial charge is 0.410 e. The number of carboxylic acids is 1. The van der Waals surface area contributed by atoms with E-state index in [9.17, 15) is 14.4 Å². The Labute approximate surface area is 189 Å². The van der Waals surface area contributed by atoms with Gasteiger partial charge in [-0.15, -0.1) is 0 Å². The molecule has 0 aromatic rings. The third-order valence-corrected chi connectivity index (χ3v) is 3.42. The number of hydrogen-bond donors (Lipinski definition) is 2. The summed E-state index contributed by atoms with van der Waals surface area (Å²) in [7, 11) is 1.66. The summed E-state index contributed by atoms with van der Waals surface area (Å²) in [6.07, 6.45) is -0.384. The first kappa shape index (κ1) is 30.0. The molecule has 0 atom stereocenters. The topological polar surface area (TPSA) is 142 Å². The monoisotopic (exact) mass is 466 g/mol. The number of carbonyl (C=O) groups excluding carboxylic acids is 2. The van der Waals surface area contributed by atoms with Crippen molar-refractivity contribution in [1.29, 1.82) is 0 Å². The first-order chi connectivity index (χ1) is 15.1. The van der Waals surface area contributed by atoms with Gasteiger partial charge in [-0.1, -0.05) is 0 Å². The maximum atomic E-state index is 11.8. The Hall–Kier alpha value is -1.99. The zero-order valence-corrected chi connectivity index (χ0v) is 19.6. The summed E-state index contributed by atoms with van der Waals surface area (Å²) in [5.74, 6) is -1.53. The third-order valence-electron chi connectivity index (χ3n) is 3.42. The van der Waals surface area contributed by atoms with Gasteiger partial charge in [-0.25, -0.2) is 9.59 Å². The van der Waals surface area contributed by atoms with Crippen LogP contribution in [0.25, 0.3) is 0 Å². The Kier molecular flexibility index (Phi) is 17.4. The molecule has 32 heavy (non-hydrogen) atoms. The number of likely N-dealkylation sites (N-methyl/N-ethyl adjacent to an activating group) is 1. The predicted molar refractivity (Wildman–Crippen MR) is 114 cm³/mol. The molecule has 0 aliphatic rings. The number of carbonyl (C=O) groups is 3. The van der Waals surface area contributed by atoms with Crippen molar-refractivity contribution in [1.82, 2.24) is 10.2 Å². The predicted octanol–water partition coefficient (Wildman–Crippen LogP) is 0.137. The summed E-state index contributed by atoms with van der Waals surface area (Å²) in [4.78, 5) is 34.8. The lowest BCUT2D eigenvalue weighted by molar-refractivity contribution is -0.143. The number of ether oxygens (including phenoxy) is 6. The van der Waals surface area contributed by atoms with E-state index in [0.717, 1.165) is 0 Å². The number of carboxylic acid groups (broad SMARTS) is 1. The van der Waals surface area contributed by atoms with E-state index in [2.05, 4.69) is 10.1 Å². The van der Waals surface area contributed by atoms with Gasteiger partial charge in [0.25, 0.3) is 0 Å². The van der Waals surface area contributed by atoms with Gasteiger partial charge < -0.3 is 43.7 Å². The molecule has 0 unspecified atom stereocenters. The molecule has 0 heterocycles. The molecule has 0 spiro atoms. The number of nitrogens with one attached hydrogen (secondary N) is 1. The molecule has 0 bridgehead atoms.